The molecule has 2 rings (SSSR count). The normalized spacial score (nSPS) is 42.7. The molecule has 2 aliphatic heterocycles. The zero-order valence-electron chi connectivity index (χ0n) is 5.60. The molecule has 0 radical (unpaired) electrons. The highest BCUT2D eigenvalue weighted by Gasteiger charge is 2.29. The smallest absolute Gasteiger partial charge is 0.0622 e. The second kappa shape index (κ2) is 2.27. The van der Waals surface area contributed by atoms with Crippen LogP contribution in [0.2, 0.25) is 0 Å². The van der Waals surface area contributed by atoms with Gasteiger partial charge in [-0.05, 0) is 25.3 Å². The van der Waals surface area contributed by atoms with E-state index in [0.717, 1.165) is 19.1 Å². The molecule has 52 valence electrons. The van der Waals surface area contributed by atoms with Gasteiger partial charge in [-0.2, -0.15) is 0 Å². The second-order valence-electron chi connectivity index (χ2n) is 2.97. The minimum Gasteiger partial charge on any atom is -0.380 e. The Labute approximate surface area is 55.6 Å². The molecule has 9 heavy (non-hydrogen) atoms. The van der Waals surface area contributed by atoms with Crippen LogP contribution in [0, 0.1) is 5.92 Å². The maximum Gasteiger partial charge on any atom is 0.0622 e. The van der Waals surface area contributed by atoms with Crippen LogP contribution in [0.25, 0.3) is 0 Å². The summed E-state index contributed by atoms with van der Waals surface area (Å²) in [5, 5.41) is 3.43. The molecule has 0 amide bonds. The van der Waals surface area contributed by atoms with Crippen molar-refractivity contribution in [2.75, 3.05) is 19.8 Å². The molecule has 2 heteroatoms. The maximum absolute atomic E-state index is 5.32. The molecule has 0 bridgehead atoms. The molecule has 0 aliphatic carbocycles. The van der Waals surface area contributed by atoms with Crippen molar-refractivity contribution in [1.29, 1.82) is 0 Å². The van der Waals surface area contributed by atoms with Gasteiger partial charge < -0.3 is 10.1 Å². The fourth-order valence-electron chi connectivity index (χ4n) is 1.81. The number of fused-ring (bicyclic) bond motifs is 1. The number of ether oxygens (including phenoxy) is 1. The highest BCUT2D eigenvalue weighted by atomic mass is 16.5. The molecule has 2 fully saturated rings. The summed E-state index contributed by atoms with van der Waals surface area (Å²) in [5.74, 6) is 0.929. The van der Waals surface area contributed by atoms with Crippen LogP contribution in [0.5, 0.6) is 0 Å². The van der Waals surface area contributed by atoms with Gasteiger partial charge in [0, 0.05) is 12.6 Å². The maximum atomic E-state index is 5.32. The van der Waals surface area contributed by atoms with E-state index in [9.17, 15) is 0 Å². The second-order valence-corrected chi connectivity index (χ2v) is 2.97. The summed E-state index contributed by atoms with van der Waals surface area (Å²) < 4.78 is 5.32. The van der Waals surface area contributed by atoms with Crippen molar-refractivity contribution >= 4 is 0 Å². The zero-order chi connectivity index (χ0) is 6.10. The molecular formula is C7H13NO. The lowest BCUT2D eigenvalue weighted by Crippen LogP contribution is -2.36. The molecule has 0 saturated carbocycles. The summed E-state index contributed by atoms with van der Waals surface area (Å²) in [7, 11) is 0. The lowest BCUT2D eigenvalue weighted by molar-refractivity contribution is 0.0526. The average Bonchev–Trinajstić information content (AvgIpc) is 2.33. The van der Waals surface area contributed by atoms with Crippen LogP contribution < -0.4 is 5.32 Å². The summed E-state index contributed by atoms with van der Waals surface area (Å²) in [6.45, 7) is 3.15. The predicted molar refractivity (Wildman–Crippen MR) is 35.3 cm³/mol. The first-order valence-corrected chi connectivity index (χ1v) is 3.78. The topological polar surface area (TPSA) is 21.3 Å². The summed E-state index contributed by atoms with van der Waals surface area (Å²) in [4.78, 5) is 0. The van der Waals surface area contributed by atoms with Crippen molar-refractivity contribution in [2.45, 2.75) is 18.9 Å². The Hall–Kier alpha value is -0.0800. The zero-order valence-corrected chi connectivity index (χ0v) is 5.60. The van der Waals surface area contributed by atoms with Gasteiger partial charge in [0.25, 0.3) is 0 Å². The summed E-state index contributed by atoms with van der Waals surface area (Å²) >= 11 is 0. The SMILES string of the molecule is C1C[C@@H]2CCOC[C@H]2N1. The van der Waals surface area contributed by atoms with Crippen molar-refractivity contribution < 1.29 is 4.74 Å². The van der Waals surface area contributed by atoms with Crippen molar-refractivity contribution in [2.24, 2.45) is 5.92 Å². The third-order valence-electron chi connectivity index (χ3n) is 2.42. The van der Waals surface area contributed by atoms with Gasteiger partial charge in [-0.25, -0.2) is 0 Å². The summed E-state index contributed by atoms with van der Waals surface area (Å²) in [5.41, 5.74) is 0. The van der Waals surface area contributed by atoms with Crippen molar-refractivity contribution in [3.05, 3.63) is 0 Å². The van der Waals surface area contributed by atoms with Gasteiger partial charge in [-0.15, -0.1) is 0 Å². The van der Waals surface area contributed by atoms with E-state index in [4.69, 9.17) is 4.74 Å². The summed E-state index contributed by atoms with van der Waals surface area (Å²) in [6, 6.07) is 0.693. The number of hydrogen-bond acceptors (Lipinski definition) is 2. The Bertz CT molecular complexity index is 93.1. The minimum absolute atomic E-state index is 0.693. The van der Waals surface area contributed by atoms with E-state index in [1.807, 2.05) is 0 Å². The number of rotatable bonds is 0. The van der Waals surface area contributed by atoms with Crippen molar-refractivity contribution in [1.82, 2.24) is 5.32 Å². The third kappa shape index (κ3) is 0.970. The van der Waals surface area contributed by atoms with Gasteiger partial charge >= 0.3 is 0 Å². The van der Waals surface area contributed by atoms with Gasteiger partial charge in [0.2, 0.25) is 0 Å². The molecule has 0 spiro atoms. The molecule has 1 N–H and O–H groups in total. The van der Waals surface area contributed by atoms with E-state index in [1.165, 1.54) is 19.4 Å². The standard InChI is InChI=1S/C7H13NO/c1-3-8-7-5-9-4-2-6(1)7/h6-8H,1-5H2/t6-,7-/m1/s1. The molecular weight excluding hydrogens is 114 g/mol. The number of nitrogens with one attached hydrogen (secondary N) is 1. The van der Waals surface area contributed by atoms with Crippen molar-refractivity contribution in [3.8, 4) is 0 Å². The highest BCUT2D eigenvalue weighted by molar-refractivity contribution is 4.85. The van der Waals surface area contributed by atoms with Crippen LogP contribution in [0.15, 0.2) is 0 Å². The third-order valence-corrected chi connectivity index (χ3v) is 2.42. The van der Waals surface area contributed by atoms with Crippen LogP contribution in [0.1, 0.15) is 12.8 Å². The van der Waals surface area contributed by atoms with Gasteiger partial charge in [0.15, 0.2) is 0 Å². The molecule has 2 aliphatic rings. The van der Waals surface area contributed by atoms with Crippen LogP contribution in [0.3, 0.4) is 0 Å². The van der Waals surface area contributed by atoms with Crippen LogP contribution in [-0.2, 0) is 4.74 Å². The summed E-state index contributed by atoms with van der Waals surface area (Å²) in [6.07, 6.45) is 2.64. The Balaban J connectivity index is 1.97. The predicted octanol–water partition coefficient (Wildman–Crippen LogP) is 0.385. The quantitative estimate of drug-likeness (QED) is 0.508. The first kappa shape index (κ1) is 5.69. The largest absolute Gasteiger partial charge is 0.380 e. The first-order chi connectivity index (χ1) is 4.47. The molecule has 0 aromatic rings. The van der Waals surface area contributed by atoms with E-state index < -0.39 is 0 Å². The first-order valence-electron chi connectivity index (χ1n) is 3.78. The van der Waals surface area contributed by atoms with Crippen molar-refractivity contribution in [3.63, 3.8) is 0 Å². The Morgan fingerprint density at radius 1 is 1.33 bits per heavy atom. The van der Waals surface area contributed by atoms with E-state index in [1.54, 1.807) is 0 Å². The van der Waals surface area contributed by atoms with Gasteiger partial charge in [0.05, 0.1) is 6.61 Å². The lowest BCUT2D eigenvalue weighted by atomic mass is 9.96. The van der Waals surface area contributed by atoms with Crippen LogP contribution in [-0.4, -0.2) is 25.8 Å². The van der Waals surface area contributed by atoms with E-state index in [-0.39, 0.29) is 0 Å². The Morgan fingerprint density at radius 3 is 3.22 bits per heavy atom. The molecule has 0 unspecified atom stereocenters. The minimum atomic E-state index is 0.693. The average molecular weight is 127 g/mol. The fraction of sp³-hybridized carbons (Fsp3) is 1.00. The molecule has 2 heterocycles. The van der Waals surface area contributed by atoms with Gasteiger partial charge in [-0.1, -0.05) is 0 Å². The lowest BCUT2D eigenvalue weighted by Gasteiger charge is -2.24. The molecule has 0 aromatic carbocycles. The monoisotopic (exact) mass is 127 g/mol. The molecule has 0 aromatic heterocycles. The Morgan fingerprint density at radius 2 is 2.33 bits per heavy atom. The number of hydrogen-bond donors (Lipinski definition) is 1. The van der Waals surface area contributed by atoms with Gasteiger partial charge in [-0.3, -0.25) is 0 Å². The van der Waals surface area contributed by atoms with Gasteiger partial charge in [0.1, 0.15) is 0 Å². The highest BCUT2D eigenvalue weighted by Crippen LogP contribution is 2.22. The van der Waals surface area contributed by atoms with E-state index >= 15 is 0 Å². The molecule has 2 nitrogen and oxygen atoms in total. The van der Waals surface area contributed by atoms with Crippen LogP contribution >= 0.6 is 0 Å². The molecule has 2 saturated heterocycles. The van der Waals surface area contributed by atoms with E-state index in [2.05, 4.69) is 5.32 Å². The fourth-order valence-corrected chi connectivity index (χ4v) is 1.81. The van der Waals surface area contributed by atoms with E-state index in [0.29, 0.717) is 6.04 Å². The van der Waals surface area contributed by atoms with Crippen LogP contribution in [0.4, 0.5) is 0 Å². The molecule has 2 atom stereocenters. The Kier molecular flexibility index (Phi) is 1.44.